The van der Waals surface area contributed by atoms with Gasteiger partial charge in [-0.2, -0.15) is 0 Å². The van der Waals surface area contributed by atoms with Crippen molar-refractivity contribution >= 4 is 0 Å². The lowest BCUT2D eigenvalue weighted by Gasteiger charge is -2.32. The van der Waals surface area contributed by atoms with Crippen LogP contribution >= 0.6 is 0 Å². The lowest BCUT2D eigenvalue weighted by molar-refractivity contribution is 0.166. The first-order valence-electron chi connectivity index (χ1n) is 6.64. The second-order valence-electron chi connectivity index (χ2n) is 5.05. The minimum Gasteiger partial charge on any atom is -0.312 e. The Labute approximate surface area is 95.4 Å². The molecule has 0 bridgehead atoms. The van der Waals surface area contributed by atoms with E-state index in [-0.39, 0.29) is 0 Å². The largest absolute Gasteiger partial charge is 0.312 e. The number of nitrogens with zero attached hydrogens (tertiary/aromatic N) is 1. The van der Waals surface area contributed by atoms with Crippen LogP contribution in [0, 0.1) is 0 Å². The molecule has 0 aliphatic heterocycles. The van der Waals surface area contributed by atoms with Crippen molar-refractivity contribution in [2.24, 2.45) is 0 Å². The van der Waals surface area contributed by atoms with Crippen LogP contribution in [0.4, 0.5) is 0 Å². The third-order valence-electron chi connectivity index (χ3n) is 3.67. The highest BCUT2D eigenvalue weighted by Crippen LogP contribution is 2.19. The first-order valence-corrected chi connectivity index (χ1v) is 6.64. The van der Waals surface area contributed by atoms with Crippen LogP contribution in [0.1, 0.15) is 52.9 Å². The van der Waals surface area contributed by atoms with Crippen molar-refractivity contribution in [3.63, 3.8) is 0 Å². The molecule has 2 nitrogen and oxygen atoms in total. The third-order valence-corrected chi connectivity index (χ3v) is 3.67. The lowest BCUT2D eigenvalue weighted by atomic mass is 10.1. The van der Waals surface area contributed by atoms with Crippen molar-refractivity contribution in [2.75, 3.05) is 13.6 Å². The van der Waals surface area contributed by atoms with Crippen LogP contribution in [0.3, 0.4) is 0 Å². The van der Waals surface area contributed by atoms with E-state index in [9.17, 15) is 0 Å². The molecule has 2 unspecified atom stereocenters. The summed E-state index contributed by atoms with van der Waals surface area (Å²) >= 11 is 0. The molecular weight excluding hydrogens is 184 g/mol. The topological polar surface area (TPSA) is 15.3 Å². The highest BCUT2D eigenvalue weighted by molar-refractivity contribution is 4.84. The van der Waals surface area contributed by atoms with E-state index in [1.54, 1.807) is 0 Å². The van der Waals surface area contributed by atoms with Crippen molar-refractivity contribution < 1.29 is 0 Å². The molecule has 2 heteroatoms. The molecule has 15 heavy (non-hydrogen) atoms. The van der Waals surface area contributed by atoms with Gasteiger partial charge in [-0.3, -0.25) is 4.90 Å². The molecule has 0 spiro atoms. The van der Waals surface area contributed by atoms with E-state index in [1.165, 1.54) is 38.6 Å². The number of nitrogens with one attached hydrogen (secondary N) is 1. The summed E-state index contributed by atoms with van der Waals surface area (Å²) in [5, 5.41) is 3.64. The van der Waals surface area contributed by atoms with Gasteiger partial charge in [-0.05, 0) is 39.7 Å². The number of hydrogen-bond acceptors (Lipinski definition) is 2. The molecule has 0 aromatic heterocycles. The molecule has 1 saturated carbocycles. The fourth-order valence-corrected chi connectivity index (χ4v) is 2.15. The van der Waals surface area contributed by atoms with E-state index in [1.807, 2.05) is 0 Å². The van der Waals surface area contributed by atoms with Gasteiger partial charge in [0.1, 0.15) is 0 Å². The summed E-state index contributed by atoms with van der Waals surface area (Å²) in [6.07, 6.45) is 6.65. The Morgan fingerprint density at radius 2 is 2.00 bits per heavy atom. The van der Waals surface area contributed by atoms with Gasteiger partial charge in [-0.15, -0.1) is 0 Å². The molecule has 0 heterocycles. The average molecular weight is 212 g/mol. The number of likely N-dealkylation sites (N-methyl/N-ethyl adjacent to an activating group) is 1. The fourth-order valence-electron chi connectivity index (χ4n) is 2.15. The minimum atomic E-state index is 0.715. The van der Waals surface area contributed by atoms with E-state index in [2.05, 4.69) is 38.0 Å². The summed E-state index contributed by atoms with van der Waals surface area (Å²) < 4.78 is 0. The molecule has 0 radical (unpaired) electrons. The van der Waals surface area contributed by atoms with Crippen molar-refractivity contribution in [3.8, 4) is 0 Å². The summed E-state index contributed by atoms with van der Waals surface area (Å²) in [4.78, 5) is 2.55. The van der Waals surface area contributed by atoms with E-state index >= 15 is 0 Å². The van der Waals surface area contributed by atoms with Gasteiger partial charge in [0.05, 0.1) is 0 Å². The van der Waals surface area contributed by atoms with Crippen LogP contribution in [0.2, 0.25) is 0 Å². The SMILES string of the molecule is CCCC(C)N(C)C(CC)CNC1CC1. The summed E-state index contributed by atoms with van der Waals surface area (Å²) in [6.45, 7) is 8.09. The van der Waals surface area contributed by atoms with E-state index in [0.717, 1.165) is 12.1 Å². The van der Waals surface area contributed by atoms with Crippen molar-refractivity contribution in [2.45, 2.75) is 71.0 Å². The maximum Gasteiger partial charge on any atom is 0.0217 e. The first-order chi connectivity index (χ1) is 7.19. The van der Waals surface area contributed by atoms with Gasteiger partial charge in [0.25, 0.3) is 0 Å². The molecule has 1 rings (SSSR count). The molecule has 1 fully saturated rings. The normalized spacial score (nSPS) is 20.6. The second-order valence-corrected chi connectivity index (χ2v) is 5.05. The predicted octanol–water partition coefficient (Wildman–Crippen LogP) is 2.64. The summed E-state index contributed by atoms with van der Waals surface area (Å²) in [5.41, 5.74) is 0. The smallest absolute Gasteiger partial charge is 0.0217 e. The maximum absolute atomic E-state index is 3.64. The van der Waals surface area contributed by atoms with E-state index in [0.29, 0.717) is 6.04 Å². The molecule has 0 saturated heterocycles. The highest BCUT2D eigenvalue weighted by Gasteiger charge is 2.23. The maximum atomic E-state index is 3.64. The van der Waals surface area contributed by atoms with Crippen LogP contribution in [-0.4, -0.2) is 36.6 Å². The Hall–Kier alpha value is -0.0800. The monoisotopic (exact) mass is 212 g/mol. The standard InChI is InChI=1S/C13H28N2/c1-5-7-11(3)15(4)13(6-2)10-14-12-8-9-12/h11-14H,5-10H2,1-4H3. The molecule has 1 aliphatic carbocycles. The third kappa shape index (κ3) is 4.52. The number of rotatable bonds is 8. The zero-order valence-corrected chi connectivity index (χ0v) is 10.9. The van der Waals surface area contributed by atoms with E-state index in [4.69, 9.17) is 0 Å². The van der Waals surface area contributed by atoms with Crippen molar-refractivity contribution in [1.29, 1.82) is 0 Å². The lowest BCUT2D eigenvalue weighted by Crippen LogP contribution is -2.44. The molecular formula is C13H28N2. The van der Waals surface area contributed by atoms with Gasteiger partial charge >= 0.3 is 0 Å². The number of hydrogen-bond donors (Lipinski definition) is 1. The van der Waals surface area contributed by atoms with Gasteiger partial charge in [0, 0.05) is 24.7 Å². The summed E-state index contributed by atoms with van der Waals surface area (Å²) in [7, 11) is 2.28. The molecule has 90 valence electrons. The first kappa shape index (κ1) is 13.0. The molecule has 0 aromatic rings. The second kappa shape index (κ2) is 6.49. The Morgan fingerprint density at radius 1 is 1.33 bits per heavy atom. The van der Waals surface area contributed by atoms with Crippen LogP contribution in [0.5, 0.6) is 0 Å². The Bertz CT molecular complexity index is 166. The van der Waals surface area contributed by atoms with Crippen LogP contribution in [-0.2, 0) is 0 Å². The van der Waals surface area contributed by atoms with Gasteiger partial charge in [0.15, 0.2) is 0 Å². The van der Waals surface area contributed by atoms with Crippen LogP contribution < -0.4 is 5.32 Å². The average Bonchev–Trinajstić information content (AvgIpc) is 3.02. The predicted molar refractivity (Wildman–Crippen MR) is 67.2 cm³/mol. The van der Waals surface area contributed by atoms with E-state index < -0.39 is 0 Å². The highest BCUT2D eigenvalue weighted by atomic mass is 15.2. The molecule has 2 atom stereocenters. The van der Waals surface area contributed by atoms with Crippen LogP contribution in [0.15, 0.2) is 0 Å². The van der Waals surface area contributed by atoms with Gasteiger partial charge in [-0.1, -0.05) is 20.3 Å². The van der Waals surface area contributed by atoms with Crippen molar-refractivity contribution in [3.05, 3.63) is 0 Å². The zero-order chi connectivity index (χ0) is 11.3. The Kier molecular flexibility index (Phi) is 5.62. The van der Waals surface area contributed by atoms with Gasteiger partial charge in [0.2, 0.25) is 0 Å². The van der Waals surface area contributed by atoms with Crippen LogP contribution in [0.25, 0.3) is 0 Å². The zero-order valence-electron chi connectivity index (χ0n) is 10.9. The molecule has 1 N–H and O–H groups in total. The molecule has 1 aliphatic rings. The van der Waals surface area contributed by atoms with Gasteiger partial charge in [-0.25, -0.2) is 0 Å². The van der Waals surface area contributed by atoms with Gasteiger partial charge < -0.3 is 5.32 Å². The molecule has 0 amide bonds. The Balaban J connectivity index is 2.26. The minimum absolute atomic E-state index is 0.715. The Morgan fingerprint density at radius 3 is 2.47 bits per heavy atom. The van der Waals surface area contributed by atoms with Crippen molar-refractivity contribution in [1.82, 2.24) is 10.2 Å². The molecule has 0 aromatic carbocycles. The quantitative estimate of drug-likeness (QED) is 0.665. The summed E-state index contributed by atoms with van der Waals surface area (Å²) in [5.74, 6) is 0. The fraction of sp³-hybridized carbons (Fsp3) is 1.00. The summed E-state index contributed by atoms with van der Waals surface area (Å²) in [6, 6.07) is 2.28.